The highest BCUT2D eigenvalue weighted by Gasteiger charge is 2.33. The Morgan fingerprint density at radius 1 is 1.04 bits per heavy atom. The molecule has 0 N–H and O–H groups in total. The van der Waals surface area contributed by atoms with Crippen LogP contribution in [0.15, 0.2) is 41.1 Å². The van der Waals surface area contributed by atoms with Gasteiger partial charge in [0.05, 0.1) is 0 Å². The average molecular weight is 401 g/mol. The molecule has 2 heterocycles. The highest BCUT2D eigenvalue weighted by atomic mass is 79.9. The number of alkyl halides is 3. The molecular weight excluding hydrogens is 385 g/mol. The minimum Gasteiger partial charge on any atom is -0.354 e. The van der Waals surface area contributed by atoms with Crippen LogP contribution in [0.1, 0.15) is 11.3 Å². The maximum absolute atomic E-state index is 12.8. The molecule has 1 aromatic heterocycles. The van der Waals surface area contributed by atoms with Crippen molar-refractivity contribution in [1.82, 2.24) is 14.9 Å². The predicted molar refractivity (Wildman–Crippen MR) is 88.7 cm³/mol. The summed E-state index contributed by atoms with van der Waals surface area (Å²) in [6, 6.07) is 9.06. The predicted octanol–water partition coefficient (Wildman–Crippen LogP) is 3.58. The number of benzene rings is 1. The van der Waals surface area contributed by atoms with Gasteiger partial charge in [-0.15, -0.1) is 0 Å². The van der Waals surface area contributed by atoms with Crippen molar-refractivity contribution in [3.8, 4) is 0 Å². The molecule has 2 aromatic rings. The van der Waals surface area contributed by atoms with Gasteiger partial charge in [0, 0.05) is 43.3 Å². The Morgan fingerprint density at radius 3 is 2.42 bits per heavy atom. The molecule has 0 unspecified atom stereocenters. The fourth-order valence-electron chi connectivity index (χ4n) is 2.68. The molecule has 1 aliphatic heterocycles. The maximum Gasteiger partial charge on any atom is 0.433 e. The number of hydrogen-bond acceptors (Lipinski definition) is 4. The second-order valence-corrected chi connectivity index (χ2v) is 6.47. The van der Waals surface area contributed by atoms with Crippen LogP contribution in [-0.4, -0.2) is 41.0 Å². The molecule has 3 rings (SSSR count). The number of nitrogens with zero attached hydrogens (tertiary/aromatic N) is 4. The molecule has 0 radical (unpaired) electrons. The second kappa shape index (κ2) is 7.06. The topological polar surface area (TPSA) is 32.3 Å². The van der Waals surface area contributed by atoms with Gasteiger partial charge >= 0.3 is 6.18 Å². The Morgan fingerprint density at radius 2 is 1.75 bits per heavy atom. The summed E-state index contributed by atoms with van der Waals surface area (Å²) in [6.45, 7) is 3.63. The molecule has 1 aliphatic rings. The summed E-state index contributed by atoms with van der Waals surface area (Å²) in [5.41, 5.74) is 0.301. The fraction of sp³-hybridized carbons (Fsp3) is 0.375. The van der Waals surface area contributed by atoms with E-state index in [1.165, 1.54) is 5.56 Å². The molecule has 1 aromatic carbocycles. The monoisotopic (exact) mass is 400 g/mol. The SMILES string of the molecule is FC(F)(F)c1cc(N2CCN(Cc3ccccc3Br)CC2)ncn1. The Hall–Kier alpha value is -1.67. The van der Waals surface area contributed by atoms with Crippen molar-refractivity contribution in [1.29, 1.82) is 0 Å². The van der Waals surface area contributed by atoms with Gasteiger partial charge in [0.15, 0.2) is 0 Å². The number of rotatable bonds is 3. The van der Waals surface area contributed by atoms with Gasteiger partial charge in [-0.05, 0) is 11.6 Å². The van der Waals surface area contributed by atoms with Crippen LogP contribution in [0.4, 0.5) is 19.0 Å². The van der Waals surface area contributed by atoms with Crippen molar-refractivity contribution in [2.45, 2.75) is 12.7 Å². The molecule has 0 spiro atoms. The molecule has 1 saturated heterocycles. The minimum absolute atomic E-state index is 0.331. The van der Waals surface area contributed by atoms with Crippen LogP contribution in [-0.2, 0) is 12.7 Å². The lowest BCUT2D eigenvalue weighted by molar-refractivity contribution is -0.141. The number of halogens is 4. The van der Waals surface area contributed by atoms with E-state index >= 15 is 0 Å². The lowest BCUT2D eigenvalue weighted by atomic mass is 10.2. The normalized spacial score (nSPS) is 16.4. The third-order valence-corrected chi connectivity index (χ3v) is 4.76. The van der Waals surface area contributed by atoms with Gasteiger partial charge in [-0.25, -0.2) is 9.97 Å². The lowest BCUT2D eigenvalue weighted by Gasteiger charge is -2.35. The minimum atomic E-state index is -4.45. The van der Waals surface area contributed by atoms with Crippen LogP contribution < -0.4 is 4.90 Å². The Balaban J connectivity index is 1.62. The summed E-state index contributed by atoms with van der Waals surface area (Å²) in [7, 11) is 0. The van der Waals surface area contributed by atoms with E-state index in [4.69, 9.17) is 0 Å². The van der Waals surface area contributed by atoms with Crippen LogP contribution >= 0.6 is 15.9 Å². The largest absolute Gasteiger partial charge is 0.433 e. The van der Waals surface area contributed by atoms with Gasteiger partial charge in [-0.3, -0.25) is 4.90 Å². The highest BCUT2D eigenvalue weighted by molar-refractivity contribution is 9.10. The summed E-state index contributed by atoms with van der Waals surface area (Å²) >= 11 is 3.54. The van der Waals surface area contributed by atoms with Crippen LogP contribution in [0, 0.1) is 0 Å². The number of hydrogen-bond donors (Lipinski definition) is 0. The van der Waals surface area contributed by atoms with Crippen LogP contribution in [0.25, 0.3) is 0 Å². The third-order valence-electron chi connectivity index (χ3n) is 3.99. The van der Waals surface area contributed by atoms with Crippen molar-refractivity contribution in [2.75, 3.05) is 31.1 Å². The van der Waals surface area contributed by atoms with Gasteiger partial charge in [0.2, 0.25) is 0 Å². The van der Waals surface area contributed by atoms with Gasteiger partial charge in [-0.1, -0.05) is 34.1 Å². The van der Waals surface area contributed by atoms with Gasteiger partial charge in [0.25, 0.3) is 0 Å². The molecule has 128 valence electrons. The van der Waals surface area contributed by atoms with E-state index < -0.39 is 11.9 Å². The van der Waals surface area contributed by atoms with Gasteiger partial charge in [0.1, 0.15) is 17.8 Å². The first kappa shape index (κ1) is 17.2. The molecule has 0 atom stereocenters. The molecule has 0 amide bonds. The smallest absolute Gasteiger partial charge is 0.354 e. The highest BCUT2D eigenvalue weighted by Crippen LogP contribution is 2.29. The third kappa shape index (κ3) is 4.05. The Labute approximate surface area is 146 Å². The zero-order valence-corrected chi connectivity index (χ0v) is 14.4. The molecular formula is C16H16BrF3N4. The number of aromatic nitrogens is 2. The van der Waals surface area contributed by atoms with E-state index in [9.17, 15) is 13.2 Å². The number of piperazine rings is 1. The van der Waals surface area contributed by atoms with E-state index in [0.29, 0.717) is 18.9 Å². The molecule has 0 aliphatic carbocycles. The van der Waals surface area contributed by atoms with Crippen LogP contribution in [0.2, 0.25) is 0 Å². The zero-order chi connectivity index (χ0) is 17.2. The van der Waals surface area contributed by atoms with Crippen molar-refractivity contribution < 1.29 is 13.2 Å². The zero-order valence-electron chi connectivity index (χ0n) is 12.8. The number of anilines is 1. The van der Waals surface area contributed by atoms with Gasteiger partial charge < -0.3 is 4.90 Å². The molecule has 24 heavy (non-hydrogen) atoms. The fourth-order valence-corrected chi connectivity index (χ4v) is 3.09. The lowest BCUT2D eigenvalue weighted by Crippen LogP contribution is -2.46. The molecule has 1 fully saturated rings. The molecule has 0 saturated carbocycles. The summed E-state index contributed by atoms with van der Waals surface area (Å²) in [5.74, 6) is 0.331. The average Bonchev–Trinajstić information content (AvgIpc) is 2.57. The van der Waals surface area contributed by atoms with E-state index in [-0.39, 0.29) is 0 Å². The maximum atomic E-state index is 12.8. The first-order valence-corrected chi connectivity index (χ1v) is 8.33. The van der Waals surface area contributed by atoms with Gasteiger partial charge in [-0.2, -0.15) is 13.2 Å². The summed E-state index contributed by atoms with van der Waals surface area (Å²) in [6.07, 6.45) is -3.47. The van der Waals surface area contributed by atoms with Crippen LogP contribution in [0.5, 0.6) is 0 Å². The van der Waals surface area contributed by atoms with Crippen molar-refractivity contribution in [2.24, 2.45) is 0 Å². The molecule has 8 heteroatoms. The summed E-state index contributed by atoms with van der Waals surface area (Å²) in [5, 5.41) is 0. The Kier molecular flexibility index (Phi) is 5.05. The van der Waals surface area contributed by atoms with E-state index in [2.05, 4.69) is 36.9 Å². The summed E-state index contributed by atoms with van der Waals surface area (Å²) < 4.78 is 39.3. The quantitative estimate of drug-likeness (QED) is 0.787. The van der Waals surface area contributed by atoms with E-state index in [1.54, 1.807) is 0 Å². The van der Waals surface area contributed by atoms with Crippen molar-refractivity contribution in [3.63, 3.8) is 0 Å². The molecule has 0 bridgehead atoms. The standard InChI is InChI=1S/C16H16BrF3N4/c17-13-4-2-1-3-12(13)10-23-5-7-24(8-6-23)15-9-14(16(18,19)20)21-11-22-15/h1-4,9,11H,5-8,10H2. The summed E-state index contributed by atoms with van der Waals surface area (Å²) in [4.78, 5) is 11.4. The Bertz CT molecular complexity index is 700. The van der Waals surface area contributed by atoms with Crippen molar-refractivity contribution in [3.05, 3.63) is 52.4 Å². The van der Waals surface area contributed by atoms with Crippen LogP contribution in [0.3, 0.4) is 0 Å². The first-order valence-electron chi connectivity index (χ1n) is 7.53. The first-order chi connectivity index (χ1) is 11.4. The molecule has 4 nitrogen and oxygen atoms in total. The van der Waals surface area contributed by atoms with E-state index in [1.807, 2.05) is 23.1 Å². The van der Waals surface area contributed by atoms with E-state index in [0.717, 1.165) is 36.5 Å². The van der Waals surface area contributed by atoms with Crippen molar-refractivity contribution >= 4 is 21.7 Å². The second-order valence-electron chi connectivity index (χ2n) is 5.61.